The summed E-state index contributed by atoms with van der Waals surface area (Å²) in [5.41, 5.74) is -0.737. The SMILES string of the molecule is O=S(=O)(CCl)Nc1c(F)cc(Br)cc1F. The third-order valence-electron chi connectivity index (χ3n) is 1.41. The molecule has 0 unspecified atom stereocenters. The van der Waals surface area contributed by atoms with Gasteiger partial charge in [-0.1, -0.05) is 15.9 Å². The van der Waals surface area contributed by atoms with Crippen LogP contribution in [0.2, 0.25) is 0 Å². The van der Waals surface area contributed by atoms with E-state index in [1.54, 1.807) is 4.72 Å². The van der Waals surface area contributed by atoms with Gasteiger partial charge in [-0.15, -0.1) is 11.6 Å². The fraction of sp³-hybridized carbons (Fsp3) is 0.143. The monoisotopic (exact) mass is 319 g/mol. The lowest BCUT2D eigenvalue weighted by Gasteiger charge is -2.07. The number of hydrogen-bond acceptors (Lipinski definition) is 2. The van der Waals surface area contributed by atoms with Crippen molar-refractivity contribution in [2.24, 2.45) is 0 Å². The molecule has 0 bridgehead atoms. The Morgan fingerprint density at radius 3 is 2.20 bits per heavy atom. The second-order valence-electron chi connectivity index (χ2n) is 2.57. The predicted octanol–water partition coefficient (Wildman–Crippen LogP) is 2.67. The van der Waals surface area contributed by atoms with Gasteiger partial charge in [0.05, 0.1) is 0 Å². The number of hydrogen-bond donors (Lipinski definition) is 1. The second kappa shape index (κ2) is 4.63. The van der Waals surface area contributed by atoms with Gasteiger partial charge in [0.2, 0.25) is 10.0 Å². The van der Waals surface area contributed by atoms with Crippen LogP contribution in [0.5, 0.6) is 0 Å². The maximum atomic E-state index is 13.1. The Bertz CT molecular complexity index is 457. The average Bonchev–Trinajstić information content (AvgIpc) is 2.11. The molecule has 0 aromatic heterocycles. The lowest BCUT2D eigenvalue weighted by molar-refractivity contribution is 0.583. The highest BCUT2D eigenvalue weighted by Crippen LogP contribution is 2.24. The minimum atomic E-state index is -3.91. The third-order valence-corrected chi connectivity index (χ3v) is 3.53. The quantitative estimate of drug-likeness (QED) is 0.870. The predicted molar refractivity (Wildman–Crippen MR) is 57.3 cm³/mol. The van der Waals surface area contributed by atoms with E-state index in [9.17, 15) is 17.2 Å². The first-order valence-electron chi connectivity index (χ1n) is 3.57. The van der Waals surface area contributed by atoms with Crippen molar-refractivity contribution >= 4 is 43.2 Å². The Morgan fingerprint density at radius 2 is 1.80 bits per heavy atom. The van der Waals surface area contributed by atoms with Crippen LogP contribution in [0.1, 0.15) is 0 Å². The summed E-state index contributed by atoms with van der Waals surface area (Å²) >= 11 is 7.93. The topological polar surface area (TPSA) is 46.2 Å². The Kier molecular flexibility index (Phi) is 3.91. The molecule has 0 amide bonds. The van der Waals surface area contributed by atoms with Crippen molar-refractivity contribution < 1.29 is 17.2 Å². The molecule has 0 heterocycles. The molecule has 0 fully saturated rings. The molecule has 0 atom stereocenters. The molecule has 3 nitrogen and oxygen atoms in total. The average molecular weight is 321 g/mol. The minimum Gasteiger partial charge on any atom is -0.277 e. The highest BCUT2D eigenvalue weighted by Gasteiger charge is 2.16. The molecule has 1 N–H and O–H groups in total. The number of nitrogens with one attached hydrogen (secondary N) is 1. The van der Waals surface area contributed by atoms with Crippen molar-refractivity contribution in [1.82, 2.24) is 0 Å². The van der Waals surface area contributed by atoms with E-state index in [1.165, 1.54) is 0 Å². The van der Waals surface area contributed by atoms with Crippen molar-refractivity contribution in [3.05, 3.63) is 28.2 Å². The lowest BCUT2D eigenvalue weighted by atomic mass is 10.3. The van der Waals surface area contributed by atoms with Gasteiger partial charge in [0, 0.05) is 4.47 Å². The summed E-state index contributed by atoms with van der Waals surface area (Å²) in [6.07, 6.45) is 0. The summed E-state index contributed by atoms with van der Waals surface area (Å²) in [4.78, 5) is 0. The Hall–Kier alpha value is -0.400. The van der Waals surface area contributed by atoms with Crippen LogP contribution in [-0.4, -0.2) is 13.6 Å². The van der Waals surface area contributed by atoms with Crippen molar-refractivity contribution in [2.45, 2.75) is 0 Å². The molecule has 1 aromatic rings. The molecule has 1 rings (SSSR count). The molecule has 15 heavy (non-hydrogen) atoms. The molecule has 0 saturated carbocycles. The number of sulfonamides is 1. The van der Waals surface area contributed by atoms with Crippen molar-refractivity contribution in [2.75, 3.05) is 9.93 Å². The van der Waals surface area contributed by atoms with Gasteiger partial charge in [0.15, 0.2) is 11.6 Å². The fourth-order valence-electron chi connectivity index (χ4n) is 0.822. The largest absolute Gasteiger partial charge is 0.277 e. The van der Waals surface area contributed by atoms with Gasteiger partial charge < -0.3 is 0 Å². The summed E-state index contributed by atoms with van der Waals surface area (Å²) < 4.78 is 50.1. The number of halogens is 4. The zero-order valence-electron chi connectivity index (χ0n) is 7.10. The van der Waals surface area contributed by atoms with E-state index in [-0.39, 0.29) is 4.47 Å². The zero-order chi connectivity index (χ0) is 11.6. The first-order valence-corrected chi connectivity index (χ1v) is 6.54. The van der Waals surface area contributed by atoms with Gasteiger partial charge in [0.25, 0.3) is 0 Å². The summed E-state index contributed by atoms with van der Waals surface area (Å²) in [5, 5.41) is -0.776. The third kappa shape index (κ3) is 3.29. The van der Waals surface area contributed by atoms with E-state index < -0.39 is 32.6 Å². The normalized spacial score (nSPS) is 11.5. The van der Waals surface area contributed by atoms with E-state index in [1.807, 2.05) is 0 Å². The van der Waals surface area contributed by atoms with E-state index >= 15 is 0 Å². The lowest BCUT2D eigenvalue weighted by Crippen LogP contribution is -2.15. The van der Waals surface area contributed by atoms with Crippen LogP contribution in [0, 0.1) is 11.6 Å². The Morgan fingerprint density at radius 1 is 1.33 bits per heavy atom. The maximum absolute atomic E-state index is 13.1. The number of alkyl halides is 1. The number of anilines is 1. The maximum Gasteiger partial charge on any atom is 0.246 e. The number of benzene rings is 1. The van der Waals surface area contributed by atoms with Gasteiger partial charge in [-0.05, 0) is 12.1 Å². The zero-order valence-corrected chi connectivity index (χ0v) is 10.3. The van der Waals surface area contributed by atoms with Crippen LogP contribution < -0.4 is 4.72 Å². The molecule has 0 aliphatic rings. The summed E-state index contributed by atoms with van der Waals surface area (Å²) in [7, 11) is -3.91. The van der Waals surface area contributed by atoms with Crippen LogP contribution >= 0.6 is 27.5 Å². The Labute approximate surface area is 98.6 Å². The fourth-order valence-corrected chi connectivity index (χ4v) is 1.95. The van der Waals surface area contributed by atoms with Crippen LogP contribution in [-0.2, 0) is 10.0 Å². The molecule has 8 heteroatoms. The minimum absolute atomic E-state index is 0.173. The Balaban J connectivity index is 3.17. The first-order chi connectivity index (χ1) is 6.85. The molecule has 0 spiro atoms. The second-order valence-corrected chi connectivity index (χ2v) is 5.79. The van der Waals surface area contributed by atoms with Crippen molar-refractivity contribution in [3.63, 3.8) is 0 Å². The highest BCUT2D eigenvalue weighted by molar-refractivity contribution is 9.10. The smallest absolute Gasteiger partial charge is 0.246 e. The summed E-state index contributed by atoms with van der Waals surface area (Å²) in [5.74, 6) is -2.04. The summed E-state index contributed by atoms with van der Waals surface area (Å²) in [6.45, 7) is 0. The van der Waals surface area contributed by atoms with Crippen LogP contribution in [0.15, 0.2) is 16.6 Å². The molecule has 0 saturated heterocycles. The van der Waals surface area contributed by atoms with Crippen LogP contribution in [0.25, 0.3) is 0 Å². The molecular weight excluding hydrogens is 316 g/mol. The first kappa shape index (κ1) is 12.7. The molecule has 0 aliphatic carbocycles. The van der Waals surface area contributed by atoms with Crippen LogP contribution in [0.3, 0.4) is 0 Å². The summed E-state index contributed by atoms with van der Waals surface area (Å²) in [6, 6.07) is 1.88. The molecular formula is C7H5BrClF2NO2S. The highest BCUT2D eigenvalue weighted by atomic mass is 79.9. The standard InChI is InChI=1S/C7H5BrClF2NO2S/c8-4-1-5(10)7(6(11)2-4)12-15(13,14)3-9/h1-2,12H,3H2. The molecule has 0 aliphatic heterocycles. The van der Waals surface area contributed by atoms with Gasteiger partial charge in [-0.2, -0.15) is 0 Å². The van der Waals surface area contributed by atoms with E-state index in [0.29, 0.717) is 0 Å². The van der Waals surface area contributed by atoms with Gasteiger partial charge in [-0.3, -0.25) is 4.72 Å². The van der Waals surface area contributed by atoms with Gasteiger partial charge >= 0.3 is 0 Å². The van der Waals surface area contributed by atoms with Gasteiger partial charge in [0.1, 0.15) is 10.9 Å². The van der Waals surface area contributed by atoms with Crippen molar-refractivity contribution in [3.8, 4) is 0 Å². The van der Waals surface area contributed by atoms with E-state index in [2.05, 4.69) is 15.9 Å². The molecule has 84 valence electrons. The number of rotatable bonds is 3. The van der Waals surface area contributed by atoms with Crippen molar-refractivity contribution in [1.29, 1.82) is 0 Å². The molecule has 1 aromatic carbocycles. The van der Waals surface area contributed by atoms with E-state index in [4.69, 9.17) is 11.6 Å². The van der Waals surface area contributed by atoms with Gasteiger partial charge in [-0.25, -0.2) is 17.2 Å². The van der Waals surface area contributed by atoms with Crippen LogP contribution in [0.4, 0.5) is 14.5 Å². The van der Waals surface area contributed by atoms with E-state index in [0.717, 1.165) is 12.1 Å². The molecule has 0 radical (unpaired) electrons.